The normalized spacial score (nSPS) is 12.3. The van der Waals surface area contributed by atoms with Crippen LogP contribution in [0.4, 0.5) is 5.13 Å². The molecule has 0 fully saturated rings. The van der Waals surface area contributed by atoms with Crippen LogP contribution in [0.5, 0.6) is 17.2 Å². The Morgan fingerprint density at radius 1 is 1.07 bits per heavy atom. The molecule has 0 spiro atoms. The summed E-state index contributed by atoms with van der Waals surface area (Å²) in [6.45, 7) is 5.32. The molecule has 0 saturated heterocycles. The van der Waals surface area contributed by atoms with Crippen molar-refractivity contribution in [2.45, 2.75) is 45.4 Å². The summed E-state index contributed by atoms with van der Waals surface area (Å²) in [5.41, 5.74) is 0.641. The summed E-state index contributed by atoms with van der Waals surface area (Å²) < 4.78 is 58.4. The zero-order chi connectivity index (χ0) is 28.6. The molecule has 11 nitrogen and oxygen atoms in total. The Morgan fingerprint density at radius 2 is 1.70 bits per heavy atom. The van der Waals surface area contributed by atoms with Crippen LogP contribution in [0.1, 0.15) is 44.2 Å². The molecule has 3 rings (SSSR count). The number of anilines is 1. The molecule has 0 unspecified atom stereocenters. The van der Waals surface area contributed by atoms with Crippen LogP contribution in [0.25, 0.3) is 0 Å². The highest BCUT2D eigenvalue weighted by Crippen LogP contribution is 2.51. The van der Waals surface area contributed by atoms with E-state index < -0.39 is 29.4 Å². The van der Waals surface area contributed by atoms with Crippen molar-refractivity contribution in [3.63, 3.8) is 0 Å². The Kier molecular flexibility index (Phi) is 12.3. The van der Waals surface area contributed by atoms with Crippen LogP contribution in [0.15, 0.2) is 52.7 Å². The van der Waals surface area contributed by atoms with Gasteiger partial charge in [0.15, 0.2) is 15.0 Å². The van der Waals surface area contributed by atoms with Gasteiger partial charge < -0.3 is 23.6 Å². The van der Waals surface area contributed by atoms with Crippen LogP contribution in [0, 0.1) is 0 Å². The van der Waals surface area contributed by atoms with Crippen molar-refractivity contribution in [1.29, 1.82) is 0 Å². The lowest BCUT2D eigenvalue weighted by Crippen LogP contribution is -2.17. The molecule has 0 bridgehead atoms. The van der Waals surface area contributed by atoms with Crippen molar-refractivity contribution in [3.8, 4) is 17.2 Å². The van der Waals surface area contributed by atoms with Gasteiger partial charge in [0, 0.05) is 23.3 Å². The number of benzene rings is 2. The van der Waals surface area contributed by atoms with E-state index in [4.69, 9.17) is 18.5 Å². The summed E-state index contributed by atoms with van der Waals surface area (Å²) in [5, 5.41) is 14.0. The lowest BCUT2D eigenvalue weighted by molar-refractivity contribution is 0.102. The first-order chi connectivity index (χ1) is 18.4. The van der Waals surface area contributed by atoms with Crippen molar-refractivity contribution in [3.05, 3.63) is 59.1 Å². The molecule has 3 aromatic rings. The largest absolute Gasteiger partial charge is 0.488 e. The number of aliphatic hydroxyl groups excluding tert-OH is 1. The molecule has 0 saturated carbocycles. The second-order valence-corrected chi connectivity index (χ2v) is 13.3. The Labute approximate surface area is 238 Å². The Bertz CT molecular complexity index is 1420. The minimum absolute atomic E-state index is 0. The van der Waals surface area contributed by atoms with E-state index in [-0.39, 0.29) is 60.5 Å². The van der Waals surface area contributed by atoms with Gasteiger partial charge in [0.25, 0.3) is 5.91 Å². The third kappa shape index (κ3) is 9.69. The fraction of sp³-hybridized carbons (Fsp3) is 0.385. The van der Waals surface area contributed by atoms with Gasteiger partial charge in [0.05, 0.1) is 36.6 Å². The third-order valence-electron chi connectivity index (χ3n) is 5.00. The summed E-state index contributed by atoms with van der Waals surface area (Å²) in [6.07, 6.45) is 0.538. The number of rotatable bonds is 14. The van der Waals surface area contributed by atoms with Gasteiger partial charge in [0.2, 0.25) is 0 Å². The molecule has 2 aromatic carbocycles. The van der Waals surface area contributed by atoms with Gasteiger partial charge in [-0.05, 0) is 57.2 Å². The number of aliphatic hydroxyl groups is 1. The second-order valence-electron chi connectivity index (χ2n) is 8.35. The van der Waals surface area contributed by atoms with Crippen LogP contribution in [-0.2, 0) is 29.6 Å². The number of carbonyl (C=O) groups is 1. The number of ether oxygens (including phenoxy) is 2. The zero-order valence-corrected chi connectivity index (χ0v) is 24.5. The van der Waals surface area contributed by atoms with E-state index in [1.165, 1.54) is 36.4 Å². The first kappa shape index (κ1) is 33.4. The predicted octanol–water partition coefficient (Wildman–Crippen LogP) is 5.75. The number of aromatic nitrogens is 1. The standard InChI is InChI=1S/C25H31N2O9PS2.CH4/c1-5-33-37(30,34-6-2)15-19-16-38-25(26-19)27-24(29)18-11-21(35-17(3)14-28)13-22(12-18)36-20-7-9-23(10-8-20)39(4,31)32;/h7-13,16-17,28H,5-6,14-15H2,1-4H3,(H,26,27,29);1H4/t17-;/m0./s1. The molecule has 40 heavy (non-hydrogen) atoms. The van der Waals surface area contributed by atoms with E-state index in [0.29, 0.717) is 11.4 Å². The lowest BCUT2D eigenvalue weighted by atomic mass is 10.2. The maximum atomic E-state index is 13.1. The fourth-order valence-corrected chi connectivity index (χ4v) is 6.38. The van der Waals surface area contributed by atoms with Crippen LogP contribution >= 0.6 is 18.9 Å². The molecule has 0 aliphatic carbocycles. The van der Waals surface area contributed by atoms with Gasteiger partial charge in [-0.1, -0.05) is 7.43 Å². The summed E-state index contributed by atoms with van der Waals surface area (Å²) >= 11 is 1.16. The minimum atomic E-state index is -3.36. The van der Waals surface area contributed by atoms with Gasteiger partial charge in [-0.2, -0.15) is 0 Å². The average Bonchev–Trinajstić information content (AvgIpc) is 3.29. The minimum Gasteiger partial charge on any atom is -0.488 e. The quantitative estimate of drug-likeness (QED) is 0.215. The van der Waals surface area contributed by atoms with Crippen molar-refractivity contribution >= 4 is 39.8 Å². The van der Waals surface area contributed by atoms with Crippen molar-refractivity contribution < 1.29 is 41.4 Å². The highest BCUT2D eigenvalue weighted by atomic mass is 32.2. The number of hydrogen-bond donors (Lipinski definition) is 2. The van der Waals surface area contributed by atoms with Crippen LogP contribution in [-0.4, -0.2) is 56.6 Å². The monoisotopic (exact) mass is 614 g/mol. The summed E-state index contributed by atoms with van der Waals surface area (Å²) in [7, 11) is -6.72. The third-order valence-corrected chi connectivity index (χ3v) is 8.95. The van der Waals surface area contributed by atoms with Crippen molar-refractivity contribution in [2.75, 3.05) is 31.4 Å². The SMILES string of the molecule is C.CCOP(=O)(Cc1csc(NC(=O)c2cc(Oc3ccc(S(C)(=O)=O)cc3)cc(O[C@@H](C)CO)c2)n1)OCC. The van der Waals surface area contributed by atoms with Crippen LogP contribution in [0.3, 0.4) is 0 Å². The molecule has 2 N–H and O–H groups in total. The number of nitrogens with zero attached hydrogens (tertiary/aromatic N) is 1. The van der Waals surface area contributed by atoms with E-state index in [0.717, 1.165) is 17.6 Å². The molecule has 220 valence electrons. The van der Waals surface area contributed by atoms with Crippen LogP contribution in [0.2, 0.25) is 0 Å². The van der Waals surface area contributed by atoms with Crippen molar-refractivity contribution in [1.82, 2.24) is 4.98 Å². The van der Waals surface area contributed by atoms with Gasteiger partial charge in [0.1, 0.15) is 23.4 Å². The first-order valence-corrected chi connectivity index (χ1v) is 16.5. The zero-order valence-electron chi connectivity index (χ0n) is 21.9. The summed E-state index contributed by atoms with van der Waals surface area (Å²) in [6, 6.07) is 10.4. The maximum Gasteiger partial charge on any atom is 0.336 e. The highest BCUT2D eigenvalue weighted by molar-refractivity contribution is 7.90. The molecule has 1 heterocycles. The van der Waals surface area contributed by atoms with Gasteiger partial charge in [-0.25, -0.2) is 13.4 Å². The molecule has 1 aromatic heterocycles. The molecular weight excluding hydrogens is 579 g/mol. The smallest absolute Gasteiger partial charge is 0.336 e. The number of carbonyl (C=O) groups excluding carboxylic acids is 1. The molecular formula is C26H35N2O9PS2. The van der Waals surface area contributed by atoms with E-state index >= 15 is 0 Å². The molecule has 1 amide bonds. The maximum absolute atomic E-state index is 13.1. The molecule has 1 atom stereocenters. The Balaban J connectivity index is 0.00000560. The predicted molar refractivity (Wildman–Crippen MR) is 155 cm³/mol. The Morgan fingerprint density at radius 3 is 2.27 bits per heavy atom. The summed E-state index contributed by atoms with van der Waals surface area (Å²) in [4.78, 5) is 17.6. The fourth-order valence-electron chi connectivity index (χ4n) is 3.32. The van der Waals surface area contributed by atoms with Gasteiger partial charge in [-0.15, -0.1) is 11.3 Å². The second kappa shape index (κ2) is 14.7. The number of nitrogens with one attached hydrogen (secondary N) is 1. The lowest BCUT2D eigenvalue weighted by Gasteiger charge is -2.15. The first-order valence-electron chi connectivity index (χ1n) is 12.0. The average molecular weight is 615 g/mol. The van der Waals surface area contributed by atoms with Gasteiger partial charge >= 0.3 is 7.60 Å². The van der Waals surface area contributed by atoms with E-state index in [1.807, 2.05) is 0 Å². The molecule has 14 heteroatoms. The van der Waals surface area contributed by atoms with E-state index in [1.54, 1.807) is 32.2 Å². The van der Waals surface area contributed by atoms with Gasteiger partial charge in [-0.3, -0.25) is 14.7 Å². The van der Waals surface area contributed by atoms with E-state index in [2.05, 4.69) is 10.3 Å². The number of thiazole rings is 1. The number of sulfone groups is 1. The van der Waals surface area contributed by atoms with E-state index in [9.17, 15) is 22.9 Å². The van der Waals surface area contributed by atoms with Crippen molar-refractivity contribution in [2.24, 2.45) is 0 Å². The Hall–Kier alpha value is -2.80. The van der Waals surface area contributed by atoms with Crippen LogP contribution < -0.4 is 14.8 Å². The highest BCUT2D eigenvalue weighted by Gasteiger charge is 2.26. The number of hydrogen-bond acceptors (Lipinski definition) is 11. The molecule has 0 aliphatic rings. The molecule has 0 aliphatic heterocycles. The number of amides is 1. The summed E-state index contributed by atoms with van der Waals surface area (Å²) in [5.74, 6) is 0.372. The molecule has 0 radical (unpaired) electrons. The topological polar surface area (TPSA) is 150 Å².